The average Bonchev–Trinajstić information content (AvgIpc) is 3.02. The van der Waals surface area contributed by atoms with E-state index >= 15 is 0 Å². The molecule has 0 saturated carbocycles. The van der Waals surface area contributed by atoms with Crippen LogP contribution in [0.2, 0.25) is 5.02 Å². The third kappa shape index (κ3) is 5.21. The zero-order valence-electron chi connectivity index (χ0n) is 15.5. The van der Waals surface area contributed by atoms with E-state index in [-0.39, 0.29) is 17.4 Å². The average molecular weight is 415 g/mol. The summed E-state index contributed by atoms with van der Waals surface area (Å²) >= 11 is 7.23. The Bertz CT molecular complexity index is 984. The van der Waals surface area contributed by atoms with E-state index in [0.717, 1.165) is 11.4 Å². The van der Waals surface area contributed by atoms with Crippen molar-refractivity contribution in [3.63, 3.8) is 0 Å². The number of ketones is 1. The fourth-order valence-electron chi connectivity index (χ4n) is 2.52. The maximum Gasteiger partial charge on any atom is 0.234 e. The topological polar surface area (TPSA) is 76.9 Å². The summed E-state index contributed by atoms with van der Waals surface area (Å²) in [6, 6.07) is 14.4. The molecule has 0 radical (unpaired) electrons. The third-order valence-corrected chi connectivity index (χ3v) is 5.38. The Morgan fingerprint density at radius 1 is 1.07 bits per heavy atom. The van der Waals surface area contributed by atoms with Gasteiger partial charge in [-0.1, -0.05) is 35.5 Å². The van der Waals surface area contributed by atoms with Crippen molar-refractivity contribution in [2.45, 2.75) is 18.5 Å². The second-order valence-corrected chi connectivity index (χ2v) is 7.61. The number of amides is 1. The first-order chi connectivity index (χ1) is 13.4. The van der Waals surface area contributed by atoms with E-state index in [9.17, 15) is 9.59 Å². The van der Waals surface area contributed by atoms with Gasteiger partial charge in [-0.15, -0.1) is 10.2 Å². The molecule has 8 heteroatoms. The molecule has 0 bridgehead atoms. The van der Waals surface area contributed by atoms with Crippen LogP contribution in [-0.4, -0.2) is 32.2 Å². The van der Waals surface area contributed by atoms with E-state index in [1.54, 1.807) is 24.3 Å². The van der Waals surface area contributed by atoms with Crippen LogP contribution in [0.5, 0.6) is 0 Å². The van der Waals surface area contributed by atoms with Crippen LogP contribution < -0.4 is 5.32 Å². The lowest BCUT2D eigenvalue weighted by Gasteiger charge is -2.06. The van der Waals surface area contributed by atoms with Crippen molar-refractivity contribution >= 4 is 40.7 Å². The Kier molecular flexibility index (Phi) is 6.49. The van der Waals surface area contributed by atoms with Crippen molar-refractivity contribution in [3.05, 3.63) is 70.5 Å². The van der Waals surface area contributed by atoms with Crippen molar-refractivity contribution in [1.82, 2.24) is 14.8 Å². The number of nitrogens with zero attached hydrogens (tertiary/aromatic N) is 3. The van der Waals surface area contributed by atoms with Crippen molar-refractivity contribution in [1.29, 1.82) is 0 Å². The zero-order valence-corrected chi connectivity index (χ0v) is 17.0. The van der Waals surface area contributed by atoms with Gasteiger partial charge in [-0.05, 0) is 48.9 Å². The first kappa shape index (κ1) is 20.1. The number of carbonyl (C=O) groups excluding carboxylic acids is 2. The number of thioether (sulfide) groups is 1. The number of nitrogens with one attached hydrogen (secondary N) is 1. The van der Waals surface area contributed by atoms with Gasteiger partial charge in [0, 0.05) is 29.7 Å². The summed E-state index contributed by atoms with van der Waals surface area (Å²) < 4.78 is 1.88. The van der Waals surface area contributed by atoms with Crippen LogP contribution >= 0.6 is 23.4 Å². The molecule has 0 aliphatic rings. The first-order valence-corrected chi connectivity index (χ1v) is 9.95. The maximum absolute atomic E-state index is 12.2. The maximum atomic E-state index is 12.2. The molecule has 0 atom stereocenters. The molecule has 28 heavy (non-hydrogen) atoms. The molecule has 0 aliphatic carbocycles. The molecule has 6 nitrogen and oxygen atoms in total. The minimum Gasteiger partial charge on any atom is -0.325 e. The summed E-state index contributed by atoms with van der Waals surface area (Å²) in [4.78, 5) is 23.5. The summed E-state index contributed by atoms with van der Waals surface area (Å²) in [5.74, 6) is 0.861. The van der Waals surface area contributed by atoms with Gasteiger partial charge < -0.3 is 9.88 Å². The van der Waals surface area contributed by atoms with Gasteiger partial charge in [-0.2, -0.15) is 0 Å². The minimum atomic E-state index is -0.150. The number of hydrogen-bond acceptors (Lipinski definition) is 5. The molecule has 1 aromatic heterocycles. The van der Waals surface area contributed by atoms with E-state index in [2.05, 4.69) is 15.5 Å². The predicted molar refractivity (Wildman–Crippen MR) is 111 cm³/mol. The van der Waals surface area contributed by atoms with Gasteiger partial charge in [0.25, 0.3) is 0 Å². The Morgan fingerprint density at radius 2 is 1.75 bits per heavy atom. The molecule has 1 amide bonds. The molecule has 0 fully saturated rings. The third-order valence-electron chi connectivity index (χ3n) is 4.11. The second-order valence-electron chi connectivity index (χ2n) is 6.23. The molecule has 2 aromatic carbocycles. The number of rotatable bonds is 7. The van der Waals surface area contributed by atoms with E-state index < -0.39 is 0 Å². The fraction of sp³-hybridized carbons (Fsp3) is 0.200. The van der Waals surface area contributed by atoms with Gasteiger partial charge in [0.2, 0.25) is 5.91 Å². The molecule has 1 N–H and O–H groups in total. The number of aromatic nitrogens is 3. The van der Waals surface area contributed by atoms with Gasteiger partial charge in [0.1, 0.15) is 5.82 Å². The lowest BCUT2D eigenvalue weighted by molar-refractivity contribution is -0.113. The van der Waals surface area contributed by atoms with E-state index in [1.807, 2.05) is 35.9 Å². The van der Waals surface area contributed by atoms with E-state index in [1.165, 1.54) is 18.7 Å². The molecule has 0 aliphatic heterocycles. The molecule has 0 unspecified atom stereocenters. The monoisotopic (exact) mass is 414 g/mol. The smallest absolute Gasteiger partial charge is 0.234 e. The van der Waals surface area contributed by atoms with Gasteiger partial charge in [0.05, 0.1) is 5.75 Å². The highest BCUT2D eigenvalue weighted by Crippen LogP contribution is 2.19. The van der Waals surface area contributed by atoms with Crippen molar-refractivity contribution < 1.29 is 9.59 Å². The number of carbonyl (C=O) groups is 2. The number of hydrogen-bond donors (Lipinski definition) is 1. The zero-order chi connectivity index (χ0) is 20.1. The number of Topliss-reactive ketones (excluding diaryl/α,β-unsaturated/α-hetero) is 1. The predicted octanol–water partition coefficient (Wildman–Crippen LogP) is 3.99. The standard InChI is InChI=1S/C20H19ClN4O2S/c1-13(26)15-5-9-17(10-6-15)22-19(27)12-28-20-24-23-18(25(20)2)11-14-3-7-16(21)8-4-14/h3-10H,11-12H2,1-2H3,(H,22,27). The van der Waals surface area contributed by atoms with Crippen LogP contribution in [0.25, 0.3) is 0 Å². The highest BCUT2D eigenvalue weighted by Gasteiger charge is 2.12. The molecule has 0 spiro atoms. The normalized spacial score (nSPS) is 10.7. The summed E-state index contributed by atoms with van der Waals surface area (Å²) in [5, 5.41) is 12.6. The highest BCUT2D eigenvalue weighted by molar-refractivity contribution is 7.99. The fourth-order valence-corrected chi connectivity index (χ4v) is 3.38. The van der Waals surface area contributed by atoms with E-state index in [4.69, 9.17) is 11.6 Å². The Morgan fingerprint density at radius 3 is 2.39 bits per heavy atom. The first-order valence-electron chi connectivity index (χ1n) is 8.59. The van der Waals surface area contributed by atoms with Crippen LogP contribution in [-0.2, 0) is 18.3 Å². The van der Waals surface area contributed by atoms with Gasteiger partial charge in [0.15, 0.2) is 10.9 Å². The van der Waals surface area contributed by atoms with Crippen LogP contribution in [0.3, 0.4) is 0 Å². The van der Waals surface area contributed by atoms with Crippen molar-refractivity contribution in [3.8, 4) is 0 Å². The molecule has 3 rings (SSSR count). The lowest BCUT2D eigenvalue weighted by Crippen LogP contribution is -2.14. The van der Waals surface area contributed by atoms with Gasteiger partial charge in [-0.3, -0.25) is 9.59 Å². The van der Waals surface area contributed by atoms with Crippen molar-refractivity contribution in [2.75, 3.05) is 11.1 Å². The summed E-state index contributed by atoms with van der Waals surface area (Å²) in [7, 11) is 1.88. The minimum absolute atomic E-state index is 0.00915. The molecular weight excluding hydrogens is 396 g/mol. The van der Waals surface area contributed by atoms with Crippen LogP contribution in [0.15, 0.2) is 53.7 Å². The SMILES string of the molecule is CC(=O)c1ccc(NC(=O)CSc2nnc(Cc3ccc(Cl)cc3)n2C)cc1. The van der Waals surface area contributed by atoms with Crippen LogP contribution in [0.1, 0.15) is 28.7 Å². The van der Waals surface area contributed by atoms with E-state index in [0.29, 0.717) is 27.9 Å². The number of halogens is 1. The summed E-state index contributed by atoms with van der Waals surface area (Å²) in [6.07, 6.45) is 0.635. The molecular formula is C20H19ClN4O2S. The Balaban J connectivity index is 1.55. The van der Waals surface area contributed by atoms with Gasteiger partial charge >= 0.3 is 0 Å². The van der Waals surface area contributed by atoms with Crippen LogP contribution in [0.4, 0.5) is 5.69 Å². The highest BCUT2D eigenvalue weighted by atomic mass is 35.5. The van der Waals surface area contributed by atoms with Gasteiger partial charge in [-0.25, -0.2) is 0 Å². The Labute approximate surface area is 172 Å². The molecule has 1 heterocycles. The number of anilines is 1. The summed E-state index contributed by atoms with van der Waals surface area (Å²) in [6.45, 7) is 1.51. The molecule has 0 saturated heterocycles. The number of benzene rings is 2. The summed E-state index contributed by atoms with van der Waals surface area (Å²) in [5.41, 5.74) is 2.35. The lowest BCUT2D eigenvalue weighted by atomic mass is 10.1. The molecule has 144 valence electrons. The Hall–Kier alpha value is -2.64. The quantitative estimate of drug-likeness (QED) is 0.467. The largest absolute Gasteiger partial charge is 0.325 e. The second kappa shape index (κ2) is 9.03. The van der Waals surface area contributed by atoms with Crippen LogP contribution in [0, 0.1) is 0 Å². The molecule has 3 aromatic rings. The van der Waals surface area contributed by atoms with Crippen molar-refractivity contribution in [2.24, 2.45) is 7.05 Å².